The van der Waals surface area contributed by atoms with Gasteiger partial charge in [-0.2, -0.15) is 0 Å². The van der Waals surface area contributed by atoms with Crippen molar-refractivity contribution >= 4 is 11.6 Å². The maximum atomic E-state index is 12.0. The van der Waals surface area contributed by atoms with E-state index in [2.05, 4.69) is 12.2 Å². The lowest BCUT2D eigenvalue weighted by molar-refractivity contribution is -0.122. The Morgan fingerprint density at radius 3 is 2.68 bits per heavy atom. The standard InChI is InChI=1S/C14H20N2O3/c1-10-7-15-14(18)13(9-17)16(8-10)11-3-5-12(19-2)6-4-11/h3-6,10,13,17H,7-9H2,1-2H3,(H,15,18). The van der Waals surface area contributed by atoms with Crippen molar-refractivity contribution in [1.29, 1.82) is 0 Å². The van der Waals surface area contributed by atoms with Gasteiger partial charge in [0, 0.05) is 18.8 Å². The summed E-state index contributed by atoms with van der Waals surface area (Å²) in [6.07, 6.45) is 0. The molecule has 0 radical (unpaired) electrons. The summed E-state index contributed by atoms with van der Waals surface area (Å²) >= 11 is 0. The Labute approximate surface area is 113 Å². The number of benzene rings is 1. The Balaban J connectivity index is 2.28. The average molecular weight is 264 g/mol. The highest BCUT2D eigenvalue weighted by atomic mass is 16.5. The summed E-state index contributed by atoms with van der Waals surface area (Å²) in [6.45, 7) is 3.26. The van der Waals surface area contributed by atoms with Gasteiger partial charge in [0.1, 0.15) is 11.8 Å². The molecule has 19 heavy (non-hydrogen) atoms. The molecule has 1 aromatic carbocycles. The fraction of sp³-hybridized carbons (Fsp3) is 0.500. The highest BCUT2D eigenvalue weighted by Crippen LogP contribution is 2.23. The highest BCUT2D eigenvalue weighted by molar-refractivity contribution is 5.86. The number of amides is 1. The minimum atomic E-state index is -0.529. The van der Waals surface area contributed by atoms with Gasteiger partial charge in [0.2, 0.25) is 5.91 Å². The van der Waals surface area contributed by atoms with Gasteiger partial charge in [0.05, 0.1) is 13.7 Å². The molecule has 1 fully saturated rings. The van der Waals surface area contributed by atoms with Crippen LogP contribution in [-0.4, -0.2) is 43.9 Å². The SMILES string of the molecule is COc1ccc(N2CC(C)CNC(=O)C2CO)cc1. The molecule has 2 unspecified atom stereocenters. The molecule has 1 heterocycles. The smallest absolute Gasteiger partial charge is 0.245 e. The van der Waals surface area contributed by atoms with E-state index in [1.165, 1.54) is 0 Å². The summed E-state index contributed by atoms with van der Waals surface area (Å²) in [5.74, 6) is 0.988. The molecule has 1 amide bonds. The van der Waals surface area contributed by atoms with Crippen molar-refractivity contribution < 1.29 is 14.6 Å². The molecule has 0 saturated carbocycles. The van der Waals surface area contributed by atoms with Crippen molar-refractivity contribution in [2.45, 2.75) is 13.0 Å². The molecule has 2 atom stereocenters. The number of hydrogen-bond acceptors (Lipinski definition) is 4. The van der Waals surface area contributed by atoms with Crippen LogP contribution in [0.3, 0.4) is 0 Å². The van der Waals surface area contributed by atoms with Crippen LogP contribution >= 0.6 is 0 Å². The van der Waals surface area contributed by atoms with Crippen LogP contribution in [0.1, 0.15) is 6.92 Å². The summed E-state index contributed by atoms with van der Waals surface area (Å²) in [7, 11) is 1.62. The largest absolute Gasteiger partial charge is 0.497 e. The first kappa shape index (κ1) is 13.7. The molecule has 0 aromatic heterocycles. The molecule has 1 aliphatic rings. The fourth-order valence-electron chi connectivity index (χ4n) is 2.30. The Bertz CT molecular complexity index is 433. The van der Waals surface area contributed by atoms with Crippen LogP contribution in [0.4, 0.5) is 5.69 Å². The van der Waals surface area contributed by atoms with Crippen LogP contribution in [0, 0.1) is 5.92 Å². The summed E-state index contributed by atoms with van der Waals surface area (Å²) in [6, 6.07) is 7.01. The van der Waals surface area contributed by atoms with Crippen LogP contribution in [0.25, 0.3) is 0 Å². The van der Waals surface area contributed by atoms with Crippen molar-refractivity contribution in [2.24, 2.45) is 5.92 Å². The van der Waals surface area contributed by atoms with Gasteiger partial charge in [-0.05, 0) is 30.2 Å². The Hall–Kier alpha value is -1.75. The van der Waals surface area contributed by atoms with E-state index in [0.717, 1.165) is 18.0 Å². The number of carbonyl (C=O) groups excluding carboxylic acids is 1. The zero-order valence-electron chi connectivity index (χ0n) is 11.3. The fourth-order valence-corrected chi connectivity index (χ4v) is 2.30. The Morgan fingerprint density at radius 2 is 2.11 bits per heavy atom. The summed E-state index contributed by atoms with van der Waals surface area (Å²) in [5.41, 5.74) is 0.920. The van der Waals surface area contributed by atoms with Crippen molar-refractivity contribution in [3.63, 3.8) is 0 Å². The maximum absolute atomic E-state index is 12.0. The molecule has 0 bridgehead atoms. The van der Waals surface area contributed by atoms with E-state index in [0.29, 0.717) is 12.5 Å². The molecule has 5 nitrogen and oxygen atoms in total. The van der Waals surface area contributed by atoms with Crippen LogP contribution < -0.4 is 15.0 Å². The monoisotopic (exact) mass is 264 g/mol. The zero-order valence-corrected chi connectivity index (χ0v) is 11.3. The van der Waals surface area contributed by atoms with Crippen LogP contribution in [0.2, 0.25) is 0 Å². The number of aliphatic hydroxyl groups excluding tert-OH is 1. The predicted octanol–water partition coefficient (Wildman–Crippen LogP) is 0.628. The number of ether oxygens (including phenoxy) is 1. The molecule has 1 saturated heterocycles. The topological polar surface area (TPSA) is 61.8 Å². The number of anilines is 1. The lowest BCUT2D eigenvalue weighted by Gasteiger charge is -2.30. The third-order valence-corrected chi connectivity index (χ3v) is 3.39. The van der Waals surface area contributed by atoms with Gasteiger partial charge in [0.25, 0.3) is 0 Å². The first-order valence-corrected chi connectivity index (χ1v) is 6.45. The molecule has 1 aliphatic heterocycles. The Morgan fingerprint density at radius 1 is 1.42 bits per heavy atom. The minimum absolute atomic E-state index is 0.123. The van der Waals surface area contributed by atoms with Crippen LogP contribution in [0.5, 0.6) is 5.75 Å². The van der Waals surface area contributed by atoms with Crippen LogP contribution in [0.15, 0.2) is 24.3 Å². The summed E-state index contributed by atoms with van der Waals surface area (Å²) in [5, 5.41) is 12.3. The first-order chi connectivity index (χ1) is 9.15. The number of aliphatic hydroxyl groups is 1. The van der Waals surface area contributed by atoms with E-state index in [1.54, 1.807) is 7.11 Å². The van der Waals surface area contributed by atoms with E-state index >= 15 is 0 Å². The quantitative estimate of drug-likeness (QED) is 0.840. The average Bonchev–Trinajstić information content (AvgIpc) is 2.58. The van der Waals surface area contributed by atoms with Crippen molar-refractivity contribution in [3.05, 3.63) is 24.3 Å². The van der Waals surface area contributed by atoms with Crippen molar-refractivity contribution in [2.75, 3.05) is 31.7 Å². The molecule has 104 valence electrons. The number of hydrogen-bond donors (Lipinski definition) is 2. The molecule has 2 N–H and O–H groups in total. The molecular formula is C14H20N2O3. The van der Waals surface area contributed by atoms with E-state index in [9.17, 15) is 9.90 Å². The second-order valence-electron chi connectivity index (χ2n) is 4.90. The lowest BCUT2D eigenvalue weighted by Crippen LogP contribution is -2.47. The summed E-state index contributed by atoms with van der Waals surface area (Å²) in [4.78, 5) is 13.9. The number of rotatable bonds is 3. The molecule has 5 heteroatoms. The predicted molar refractivity (Wildman–Crippen MR) is 73.4 cm³/mol. The number of nitrogens with zero attached hydrogens (tertiary/aromatic N) is 1. The van der Waals surface area contributed by atoms with E-state index < -0.39 is 6.04 Å². The summed E-state index contributed by atoms with van der Waals surface area (Å²) < 4.78 is 5.13. The second kappa shape index (κ2) is 5.93. The molecule has 0 aliphatic carbocycles. The lowest BCUT2D eigenvalue weighted by atomic mass is 10.1. The van der Waals surface area contributed by atoms with E-state index in [-0.39, 0.29) is 12.5 Å². The van der Waals surface area contributed by atoms with Crippen molar-refractivity contribution in [3.8, 4) is 5.75 Å². The number of carbonyl (C=O) groups is 1. The van der Waals surface area contributed by atoms with Gasteiger partial charge in [-0.15, -0.1) is 0 Å². The number of nitrogens with one attached hydrogen (secondary N) is 1. The van der Waals surface area contributed by atoms with E-state index in [1.807, 2.05) is 29.2 Å². The van der Waals surface area contributed by atoms with Gasteiger partial charge >= 0.3 is 0 Å². The highest BCUT2D eigenvalue weighted by Gasteiger charge is 2.30. The Kier molecular flexibility index (Phi) is 4.27. The molecule has 1 aromatic rings. The van der Waals surface area contributed by atoms with Gasteiger partial charge in [-0.3, -0.25) is 4.79 Å². The minimum Gasteiger partial charge on any atom is -0.497 e. The maximum Gasteiger partial charge on any atom is 0.245 e. The van der Waals surface area contributed by atoms with Crippen LogP contribution in [-0.2, 0) is 4.79 Å². The number of methoxy groups -OCH3 is 1. The molecule has 0 spiro atoms. The third kappa shape index (κ3) is 2.98. The molecular weight excluding hydrogens is 244 g/mol. The van der Waals surface area contributed by atoms with Gasteiger partial charge in [-0.25, -0.2) is 0 Å². The normalized spacial score (nSPS) is 23.7. The molecule has 2 rings (SSSR count). The first-order valence-electron chi connectivity index (χ1n) is 6.45. The zero-order chi connectivity index (χ0) is 13.8. The van der Waals surface area contributed by atoms with E-state index in [4.69, 9.17) is 4.74 Å². The van der Waals surface area contributed by atoms with Gasteiger partial charge < -0.3 is 20.1 Å². The third-order valence-electron chi connectivity index (χ3n) is 3.39. The van der Waals surface area contributed by atoms with Gasteiger partial charge in [-0.1, -0.05) is 6.92 Å². The van der Waals surface area contributed by atoms with Gasteiger partial charge in [0.15, 0.2) is 0 Å². The second-order valence-corrected chi connectivity index (χ2v) is 4.90. The van der Waals surface area contributed by atoms with Crippen molar-refractivity contribution in [1.82, 2.24) is 5.32 Å².